The van der Waals surface area contributed by atoms with Crippen molar-refractivity contribution in [3.8, 4) is 11.4 Å². The lowest BCUT2D eigenvalue weighted by Gasteiger charge is -2.26. The first kappa shape index (κ1) is 23.8. The van der Waals surface area contributed by atoms with E-state index >= 15 is 0 Å². The molecule has 0 unspecified atom stereocenters. The summed E-state index contributed by atoms with van der Waals surface area (Å²) >= 11 is 0. The molecule has 3 aromatic heterocycles. The molecule has 3 heterocycles. The SMILES string of the molecule is CC(C)(C)c1cc(-n2c3oc4ccccc4c3c3c4ccccc4n(-c4ccccc4)c32)cc(C(C)(C)C)c1. The second-order valence-electron chi connectivity index (χ2n) is 12.8. The zero-order chi connectivity index (χ0) is 27.1. The summed E-state index contributed by atoms with van der Waals surface area (Å²) in [7, 11) is 0. The molecule has 0 radical (unpaired) electrons. The van der Waals surface area contributed by atoms with Crippen molar-refractivity contribution in [1.29, 1.82) is 0 Å². The first-order valence-corrected chi connectivity index (χ1v) is 13.8. The van der Waals surface area contributed by atoms with E-state index in [4.69, 9.17) is 4.42 Å². The highest BCUT2D eigenvalue weighted by Crippen LogP contribution is 2.45. The van der Waals surface area contributed by atoms with Gasteiger partial charge in [-0.1, -0.05) is 102 Å². The topological polar surface area (TPSA) is 23.0 Å². The Balaban J connectivity index is 1.75. The van der Waals surface area contributed by atoms with Gasteiger partial charge in [0.15, 0.2) is 0 Å². The fourth-order valence-corrected chi connectivity index (χ4v) is 5.90. The van der Waals surface area contributed by atoms with Gasteiger partial charge >= 0.3 is 0 Å². The number of hydrogen-bond donors (Lipinski definition) is 0. The molecule has 0 aliphatic rings. The molecule has 39 heavy (non-hydrogen) atoms. The molecule has 7 aromatic rings. The molecular weight excluding hydrogens is 476 g/mol. The van der Waals surface area contributed by atoms with Gasteiger partial charge in [-0.25, -0.2) is 0 Å². The molecule has 0 spiro atoms. The van der Waals surface area contributed by atoms with Gasteiger partial charge in [-0.3, -0.25) is 9.13 Å². The molecule has 0 atom stereocenters. The maximum atomic E-state index is 6.72. The van der Waals surface area contributed by atoms with Crippen molar-refractivity contribution >= 4 is 44.0 Å². The highest BCUT2D eigenvalue weighted by molar-refractivity contribution is 6.28. The summed E-state index contributed by atoms with van der Waals surface area (Å²) in [4.78, 5) is 0. The molecule has 0 saturated heterocycles. The minimum absolute atomic E-state index is 0.00140. The van der Waals surface area contributed by atoms with E-state index in [1.165, 1.54) is 32.8 Å². The van der Waals surface area contributed by atoms with Crippen LogP contribution in [0.1, 0.15) is 52.7 Å². The van der Waals surface area contributed by atoms with Crippen molar-refractivity contribution in [2.45, 2.75) is 52.4 Å². The van der Waals surface area contributed by atoms with E-state index < -0.39 is 0 Å². The molecule has 0 N–H and O–H groups in total. The summed E-state index contributed by atoms with van der Waals surface area (Å²) in [6.07, 6.45) is 0. The third kappa shape index (κ3) is 3.56. The van der Waals surface area contributed by atoms with Crippen LogP contribution in [0, 0.1) is 0 Å². The Morgan fingerprint density at radius 3 is 1.79 bits per heavy atom. The van der Waals surface area contributed by atoms with E-state index in [1.54, 1.807) is 0 Å². The number of benzene rings is 4. The second kappa shape index (κ2) is 8.13. The molecule has 3 heteroatoms. The molecule has 3 nitrogen and oxygen atoms in total. The zero-order valence-corrected chi connectivity index (χ0v) is 23.5. The normalized spacial score (nSPS) is 12.9. The highest BCUT2D eigenvalue weighted by atomic mass is 16.3. The lowest BCUT2D eigenvalue weighted by Crippen LogP contribution is -2.17. The van der Waals surface area contributed by atoms with Crippen LogP contribution in [0.15, 0.2) is 101 Å². The number of fused-ring (bicyclic) bond motifs is 7. The number of aromatic nitrogens is 2. The van der Waals surface area contributed by atoms with Crippen molar-refractivity contribution in [2.75, 3.05) is 0 Å². The van der Waals surface area contributed by atoms with E-state index in [0.717, 1.165) is 33.7 Å². The van der Waals surface area contributed by atoms with Crippen LogP contribution in [-0.4, -0.2) is 9.13 Å². The molecule has 0 fully saturated rings. The Bertz CT molecular complexity index is 1990. The van der Waals surface area contributed by atoms with Crippen LogP contribution in [0.3, 0.4) is 0 Å². The third-order valence-electron chi connectivity index (χ3n) is 8.01. The van der Waals surface area contributed by atoms with Crippen molar-refractivity contribution in [3.05, 3.63) is 108 Å². The van der Waals surface area contributed by atoms with Gasteiger partial charge in [-0.15, -0.1) is 0 Å². The number of para-hydroxylation sites is 3. The number of nitrogens with zero attached hydrogens (tertiary/aromatic N) is 2. The maximum absolute atomic E-state index is 6.72. The minimum atomic E-state index is 0.00140. The summed E-state index contributed by atoms with van der Waals surface area (Å²) in [5, 5.41) is 4.78. The van der Waals surface area contributed by atoms with E-state index in [-0.39, 0.29) is 10.8 Å². The van der Waals surface area contributed by atoms with E-state index in [2.05, 4.69) is 148 Å². The standard InChI is InChI=1S/C36H34N2O/c1-35(2,3)23-20-24(36(4,5)6)22-26(21-23)38-33-31(32-28-17-11-13-19-30(28)39-34(32)38)27-16-10-12-18-29(27)37(33)25-14-8-7-9-15-25/h7-22H,1-6H3. The first-order chi connectivity index (χ1) is 18.6. The fourth-order valence-electron chi connectivity index (χ4n) is 5.90. The average Bonchev–Trinajstić information content (AvgIpc) is 3.53. The van der Waals surface area contributed by atoms with Crippen LogP contribution < -0.4 is 0 Å². The minimum Gasteiger partial charge on any atom is -0.439 e. The van der Waals surface area contributed by atoms with Gasteiger partial charge in [0.2, 0.25) is 5.71 Å². The number of rotatable bonds is 2. The van der Waals surface area contributed by atoms with Crippen LogP contribution in [0.2, 0.25) is 0 Å². The fraction of sp³-hybridized carbons (Fsp3) is 0.222. The first-order valence-electron chi connectivity index (χ1n) is 13.8. The maximum Gasteiger partial charge on any atom is 0.215 e. The predicted octanol–water partition coefficient (Wildman–Crippen LogP) is 10.1. The van der Waals surface area contributed by atoms with Crippen LogP contribution in [0.25, 0.3) is 55.4 Å². The van der Waals surface area contributed by atoms with Gasteiger partial charge in [0.25, 0.3) is 0 Å². The van der Waals surface area contributed by atoms with Gasteiger partial charge < -0.3 is 4.42 Å². The average molecular weight is 511 g/mol. The Kier molecular flexibility index (Phi) is 4.97. The van der Waals surface area contributed by atoms with Crippen molar-refractivity contribution in [2.24, 2.45) is 0 Å². The predicted molar refractivity (Wildman–Crippen MR) is 165 cm³/mol. The molecule has 0 bridgehead atoms. The molecule has 194 valence electrons. The molecule has 4 aromatic carbocycles. The third-order valence-corrected chi connectivity index (χ3v) is 8.01. The molecular formula is C36H34N2O. The van der Waals surface area contributed by atoms with Gasteiger partial charge in [-0.2, -0.15) is 0 Å². The Morgan fingerprint density at radius 2 is 1.13 bits per heavy atom. The van der Waals surface area contributed by atoms with Crippen molar-refractivity contribution < 1.29 is 4.42 Å². The Labute approximate surface area is 229 Å². The molecule has 0 aliphatic heterocycles. The quantitative estimate of drug-likeness (QED) is 0.227. The van der Waals surface area contributed by atoms with Crippen molar-refractivity contribution in [1.82, 2.24) is 9.13 Å². The number of furan rings is 1. The molecule has 0 amide bonds. The second-order valence-corrected chi connectivity index (χ2v) is 12.8. The summed E-state index contributed by atoms with van der Waals surface area (Å²) < 4.78 is 11.5. The van der Waals surface area contributed by atoms with Gasteiger partial charge in [-0.05, 0) is 58.4 Å². The monoisotopic (exact) mass is 510 g/mol. The molecule has 0 aliphatic carbocycles. The Morgan fingerprint density at radius 1 is 0.538 bits per heavy atom. The number of hydrogen-bond acceptors (Lipinski definition) is 1. The van der Waals surface area contributed by atoms with E-state index in [1.807, 2.05) is 0 Å². The largest absolute Gasteiger partial charge is 0.439 e. The van der Waals surface area contributed by atoms with Crippen LogP contribution in [0.4, 0.5) is 0 Å². The van der Waals surface area contributed by atoms with Gasteiger partial charge in [0.1, 0.15) is 11.2 Å². The summed E-state index contributed by atoms with van der Waals surface area (Å²) in [5.74, 6) is 0. The van der Waals surface area contributed by atoms with E-state index in [0.29, 0.717) is 0 Å². The van der Waals surface area contributed by atoms with Gasteiger partial charge in [0, 0.05) is 21.8 Å². The highest BCUT2D eigenvalue weighted by Gasteiger charge is 2.28. The lowest BCUT2D eigenvalue weighted by molar-refractivity contribution is 0.567. The smallest absolute Gasteiger partial charge is 0.215 e. The van der Waals surface area contributed by atoms with Crippen LogP contribution in [-0.2, 0) is 10.8 Å². The zero-order valence-electron chi connectivity index (χ0n) is 23.5. The van der Waals surface area contributed by atoms with E-state index in [9.17, 15) is 0 Å². The van der Waals surface area contributed by atoms with Crippen LogP contribution >= 0.6 is 0 Å². The van der Waals surface area contributed by atoms with Crippen molar-refractivity contribution in [3.63, 3.8) is 0 Å². The van der Waals surface area contributed by atoms with Crippen LogP contribution in [0.5, 0.6) is 0 Å². The summed E-state index contributed by atoms with van der Waals surface area (Å²) in [6.45, 7) is 13.8. The summed E-state index contributed by atoms with van der Waals surface area (Å²) in [6, 6.07) is 34.9. The van der Waals surface area contributed by atoms with Gasteiger partial charge in [0.05, 0.1) is 16.6 Å². The Hall–Kier alpha value is -4.24. The molecule has 0 saturated carbocycles. The molecule has 7 rings (SSSR count). The lowest BCUT2D eigenvalue weighted by atomic mass is 9.80. The summed E-state index contributed by atoms with van der Waals surface area (Å²) in [5.41, 5.74) is 9.04.